The van der Waals surface area contributed by atoms with Gasteiger partial charge in [-0.15, -0.1) is 0 Å². The Kier molecular flexibility index (Phi) is 9.69. The van der Waals surface area contributed by atoms with Gasteiger partial charge >= 0.3 is 24.3 Å². The van der Waals surface area contributed by atoms with Crippen LogP contribution in [0.5, 0.6) is 0 Å². The van der Waals surface area contributed by atoms with E-state index in [4.69, 9.17) is 19.8 Å². The number of piperidine rings is 2. The van der Waals surface area contributed by atoms with Crippen LogP contribution in [-0.2, 0) is 9.59 Å². The van der Waals surface area contributed by atoms with Gasteiger partial charge in [0.1, 0.15) is 0 Å². The van der Waals surface area contributed by atoms with Crippen LogP contribution >= 0.6 is 0 Å². The maximum absolute atomic E-state index is 10.6. The third-order valence-corrected chi connectivity index (χ3v) is 6.27. The number of likely N-dealkylation sites (tertiary alicyclic amines) is 1. The molecule has 1 aromatic heterocycles. The third-order valence-electron chi connectivity index (χ3n) is 6.27. The molecule has 1 spiro atoms. The van der Waals surface area contributed by atoms with Crippen LogP contribution in [0, 0.1) is 11.3 Å². The average molecular weight is 514 g/mol. The fourth-order valence-electron chi connectivity index (χ4n) is 4.01. The molecule has 2 saturated heterocycles. The number of hydrogen-bond donors (Lipinski definition) is 2. The highest BCUT2D eigenvalue weighted by Crippen LogP contribution is 2.42. The number of carbonyl (C=O) groups is 2. The lowest BCUT2D eigenvalue weighted by atomic mass is 9.71. The first-order valence-electron chi connectivity index (χ1n) is 11.1. The van der Waals surface area contributed by atoms with Crippen molar-refractivity contribution in [3.8, 4) is 0 Å². The van der Waals surface area contributed by atoms with Crippen molar-refractivity contribution in [3.63, 3.8) is 0 Å². The van der Waals surface area contributed by atoms with Crippen molar-refractivity contribution in [2.24, 2.45) is 11.3 Å². The first-order valence-corrected chi connectivity index (χ1v) is 11.1. The summed E-state index contributed by atoms with van der Waals surface area (Å²) in [5.41, 5.74) is 0.616. The number of hydrogen-bond acceptors (Lipinski definition) is 6. The second-order valence-corrected chi connectivity index (χ2v) is 8.89. The van der Waals surface area contributed by atoms with Gasteiger partial charge in [0.05, 0.1) is 0 Å². The van der Waals surface area contributed by atoms with Crippen molar-refractivity contribution < 1.29 is 46.1 Å². The van der Waals surface area contributed by atoms with Crippen molar-refractivity contribution in [1.82, 2.24) is 14.9 Å². The van der Waals surface area contributed by atoms with E-state index in [1.807, 2.05) is 18.5 Å². The Morgan fingerprint density at radius 3 is 1.63 bits per heavy atom. The van der Waals surface area contributed by atoms with E-state index in [1.165, 1.54) is 58.2 Å². The smallest absolute Gasteiger partial charge is 0.475 e. The highest BCUT2D eigenvalue weighted by molar-refractivity contribution is 5.73. The molecule has 198 valence electrons. The molecule has 8 nitrogen and oxygen atoms in total. The summed E-state index contributed by atoms with van der Waals surface area (Å²) >= 11 is 0. The summed E-state index contributed by atoms with van der Waals surface area (Å²) in [4.78, 5) is 31.7. The van der Waals surface area contributed by atoms with Crippen LogP contribution < -0.4 is 4.90 Å². The number of rotatable bonds is 3. The molecular formula is C21H28F6N4O4. The predicted octanol–water partition coefficient (Wildman–Crippen LogP) is 3.84. The van der Waals surface area contributed by atoms with Crippen LogP contribution in [0.1, 0.15) is 38.5 Å². The minimum atomic E-state index is -5.08. The van der Waals surface area contributed by atoms with Crippen LogP contribution in [0.3, 0.4) is 0 Å². The summed E-state index contributed by atoms with van der Waals surface area (Å²) in [5.74, 6) is -3.56. The molecule has 0 amide bonds. The molecule has 3 fully saturated rings. The largest absolute Gasteiger partial charge is 0.490 e. The fourth-order valence-corrected chi connectivity index (χ4v) is 4.01. The number of halogens is 6. The zero-order valence-electron chi connectivity index (χ0n) is 18.9. The molecule has 0 radical (unpaired) electrons. The topological polar surface area (TPSA) is 107 Å². The van der Waals surface area contributed by atoms with Gasteiger partial charge < -0.3 is 20.0 Å². The number of aliphatic carboxylic acids is 2. The van der Waals surface area contributed by atoms with Gasteiger partial charge in [-0.3, -0.25) is 0 Å². The van der Waals surface area contributed by atoms with E-state index in [2.05, 4.69) is 19.8 Å². The maximum atomic E-state index is 10.6. The molecule has 1 saturated carbocycles. The molecule has 2 N–H and O–H groups in total. The lowest BCUT2D eigenvalue weighted by molar-refractivity contribution is -0.193. The van der Waals surface area contributed by atoms with E-state index in [1.54, 1.807) is 0 Å². The van der Waals surface area contributed by atoms with Gasteiger partial charge in [-0.25, -0.2) is 19.6 Å². The minimum Gasteiger partial charge on any atom is -0.475 e. The molecule has 14 heteroatoms. The molecule has 35 heavy (non-hydrogen) atoms. The Balaban J connectivity index is 0.000000257. The highest BCUT2D eigenvalue weighted by atomic mass is 19.4. The van der Waals surface area contributed by atoms with Gasteiger partial charge in [0.15, 0.2) is 0 Å². The average Bonchev–Trinajstić information content (AvgIpc) is 3.60. The van der Waals surface area contributed by atoms with Crippen LogP contribution in [-0.4, -0.2) is 82.1 Å². The number of carboxylic acid groups (broad SMARTS) is 2. The first kappa shape index (κ1) is 28.6. The third kappa shape index (κ3) is 9.86. The molecule has 1 aromatic rings. The zero-order valence-corrected chi connectivity index (χ0v) is 18.9. The lowest BCUT2D eigenvalue weighted by Crippen LogP contribution is -2.47. The van der Waals surface area contributed by atoms with Gasteiger partial charge in [-0.2, -0.15) is 26.3 Å². The second-order valence-electron chi connectivity index (χ2n) is 8.89. The lowest BCUT2D eigenvalue weighted by Gasteiger charge is -2.47. The second kappa shape index (κ2) is 11.9. The highest BCUT2D eigenvalue weighted by Gasteiger charge is 2.40. The number of aromatic nitrogens is 2. The maximum Gasteiger partial charge on any atom is 0.490 e. The summed E-state index contributed by atoms with van der Waals surface area (Å²) in [6.45, 7) is 6.30. The van der Waals surface area contributed by atoms with Gasteiger partial charge in [0, 0.05) is 32.0 Å². The van der Waals surface area contributed by atoms with Crippen LogP contribution in [0.4, 0.5) is 32.3 Å². The molecule has 3 heterocycles. The van der Waals surface area contributed by atoms with Gasteiger partial charge in [0.25, 0.3) is 0 Å². The van der Waals surface area contributed by atoms with E-state index >= 15 is 0 Å². The summed E-state index contributed by atoms with van der Waals surface area (Å²) in [6.07, 6.45) is 1.95. The van der Waals surface area contributed by atoms with Crippen LogP contribution in [0.15, 0.2) is 18.5 Å². The van der Waals surface area contributed by atoms with Gasteiger partial charge in [0.2, 0.25) is 5.95 Å². The zero-order chi connectivity index (χ0) is 26.3. The molecule has 3 aliphatic rings. The van der Waals surface area contributed by atoms with Crippen molar-refractivity contribution in [1.29, 1.82) is 0 Å². The van der Waals surface area contributed by atoms with Crippen molar-refractivity contribution in [2.75, 3.05) is 37.6 Å². The van der Waals surface area contributed by atoms with Crippen LogP contribution in [0.25, 0.3) is 0 Å². The number of anilines is 1. The standard InChI is InChI=1S/C17H26N4.2C2HF3O2/c1-8-18-16(19-9-1)21-12-6-17(7-13-21)4-10-20(11-5-17)14-15-2-3-15;2*3-2(4,5)1(6)7/h1,8-9,15H,2-7,10-14H2;2*(H,6,7). The van der Waals surface area contributed by atoms with Crippen molar-refractivity contribution in [2.45, 2.75) is 50.9 Å². The molecule has 0 atom stereocenters. The molecule has 2 aliphatic heterocycles. The molecule has 4 rings (SSSR count). The SMILES string of the molecule is O=C(O)C(F)(F)F.O=C(O)C(F)(F)F.c1cnc(N2CCC3(CCN(CC4CC4)CC3)CC2)nc1. The monoisotopic (exact) mass is 514 g/mol. The quantitative estimate of drug-likeness (QED) is 0.587. The van der Waals surface area contributed by atoms with E-state index in [0.717, 1.165) is 25.0 Å². The van der Waals surface area contributed by atoms with E-state index < -0.39 is 24.3 Å². The number of alkyl halides is 6. The van der Waals surface area contributed by atoms with Crippen molar-refractivity contribution in [3.05, 3.63) is 18.5 Å². The summed E-state index contributed by atoms with van der Waals surface area (Å²) in [5, 5.41) is 14.2. The van der Waals surface area contributed by atoms with E-state index in [0.29, 0.717) is 5.41 Å². The van der Waals surface area contributed by atoms with Crippen LogP contribution in [0.2, 0.25) is 0 Å². The summed E-state index contributed by atoms with van der Waals surface area (Å²) < 4.78 is 63.5. The Morgan fingerprint density at radius 1 is 0.857 bits per heavy atom. The Morgan fingerprint density at radius 2 is 1.26 bits per heavy atom. The first-order chi connectivity index (χ1) is 16.2. The molecule has 0 unspecified atom stereocenters. The Bertz CT molecular complexity index is 791. The summed E-state index contributed by atoms with van der Waals surface area (Å²) in [7, 11) is 0. The molecule has 0 aromatic carbocycles. The normalized spacial score (nSPS) is 20.2. The molecule has 1 aliphatic carbocycles. The Hall–Kier alpha value is -2.64. The predicted molar refractivity (Wildman–Crippen MR) is 112 cm³/mol. The fraction of sp³-hybridized carbons (Fsp3) is 0.714. The molecule has 0 bridgehead atoms. The van der Waals surface area contributed by atoms with Gasteiger partial charge in [-0.1, -0.05) is 0 Å². The number of carboxylic acids is 2. The Labute approximate surface area is 197 Å². The minimum absolute atomic E-state index is 0.616. The summed E-state index contributed by atoms with van der Waals surface area (Å²) in [6, 6.07) is 1.89. The van der Waals surface area contributed by atoms with Crippen molar-refractivity contribution >= 4 is 17.9 Å². The van der Waals surface area contributed by atoms with Gasteiger partial charge in [-0.05, 0) is 69.0 Å². The molecular weight excluding hydrogens is 486 g/mol. The number of nitrogens with zero attached hydrogens (tertiary/aromatic N) is 4. The van der Waals surface area contributed by atoms with E-state index in [9.17, 15) is 26.3 Å². The van der Waals surface area contributed by atoms with E-state index in [-0.39, 0.29) is 0 Å².